The lowest BCUT2D eigenvalue weighted by molar-refractivity contribution is 0.157. The predicted molar refractivity (Wildman–Crippen MR) is 47.3 cm³/mol. The lowest BCUT2D eigenvalue weighted by Gasteiger charge is -2.38. The first-order chi connectivity index (χ1) is 5.36. The van der Waals surface area contributed by atoms with Gasteiger partial charge in [-0.05, 0) is 31.1 Å². The highest BCUT2D eigenvalue weighted by atomic mass is 14.6. The molecule has 2 saturated carbocycles. The third-order valence-corrected chi connectivity index (χ3v) is 3.58. The zero-order valence-electron chi connectivity index (χ0n) is 7.26. The van der Waals surface area contributed by atoms with Gasteiger partial charge in [-0.25, -0.2) is 0 Å². The molecule has 0 aliphatic heterocycles. The van der Waals surface area contributed by atoms with E-state index in [4.69, 9.17) is 5.73 Å². The molecule has 1 heteroatoms. The molecule has 0 unspecified atom stereocenters. The first kappa shape index (κ1) is 7.60. The molecule has 2 fully saturated rings. The number of nitrogens with two attached hydrogens (primary N) is 1. The van der Waals surface area contributed by atoms with Crippen molar-refractivity contribution in [1.29, 1.82) is 0 Å². The Kier molecular flexibility index (Phi) is 2.17. The molecule has 0 aromatic carbocycles. The van der Waals surface area contributed by atoms with Crippen molar-refractivity contribution in [1.82, 2.24) is 0 Å². The van der Waals surface area contributed by atoms with E-state index in [1.54, 1.807) is 0 Å². The summed E-state index contributed by atoms with van der Waals surface area (Å²) in [5.41, 5.74) is 5.94. The smallest absolute Gasteiger partial charge is 0.00416 e. The third-order valence-electron chi connectivity index (χ3n) is 3.58. The summed E-state index contributed by atoms with van der Waals surface area (Å²) in [6.07, 6.45) is 9.96. The van der Waals surface area contributed by atoms with E-state index in [1.807, 2.05) is 0 Å². The highest BCUT2D eigenvalue weighted by Crippen LogP contribution is 2.39. The lowest BCUT2D eigenvalue weighted by Crippen LogP contribution is -2.34. The molecule has 64 valence electrons. The number of hydrogen-bond donors (Lipinski definition) is 1. The van der Waals surface area contributed by atoms with Gasteiger partial charge in [0.15, 0.2) is 0 Å². The molecule has 0 amide bonds. The normalized spacial score (nSPS) is 45.0. The summed E-state index contributed by atoms with van der Waals surface area (Å²) in [7, 11) is 0. The van der Waals surface area contributed by atoms with Gasteiger partial charge >= 0.3 is 0 Å². The predicted octanol–water partition coefficient (Wildman–Crippen LogP) is 2.30. The summed E-state index contributed by atoms with van der Waals surface area (Å²) in [5, 5.41) is 0. The van der Waals surface area contributed by atoms with Crippen molar-refractivity contribution in [3.05, 3.63) is 0 Å². The van der Waals surface area contributed by atoms with Crippen LogP contribution in [0.2, 0.25) is 0 Å². The van der Waals surface area contributed by atoms with E-state index in [0.29, 0.717) is 6.04 Å². The average Bonchev–Trinajstić information content (AvgIpc) is 2.04. The molecule has 11 heavy (non-hydrogen) atoms. The zero-order valence-corrected chi connectivity index (χ0v) is 7.26. The van der Waals surface area contributed by atoms with E-state index in [2.05, 4.69) is 0 Å². The summed E-state index contributed by atoms with van der Waals surface area (Å²) in [6.45, 7) is 0. The SMILES string of the molecule is N[C@@H]1CC[C@H]2CCCC[C@@H]2C1. The van der Waals surface area contributed by atoms with Crippen LogP contribution in [0.5, 0.6) is 0 Å². The minimum atomic E-state index is 0.536. The van der Waals surface area contributed by atoms with Crippen molar-refractivity contribution in [2.75, 3.05) is 0 Å². The second kappa shape index (κ2) is 3.14. The maximum absolute atomic E-state index is 5.94. The first-order valence-electron chi connectivity index (χ1n) is 5.12. The number of rotatable bonds is 0. The first-order valence-corrected chi connectivity index (χ1v) is 5.12. The maximum Gasteiger partial charge on any atom is 0.00416 e. The fraction of sp³-hybridized carbons (Fsp3) is 1.00. The molecule has 2 aliphatic rings. The molecular weight excluding hydrogens is 134 g/mol. The Bertz CT molecular complexity index is 133. The highest BCUT2D eigenvalue weighted by Gasteiger charge is 2.30. The monoisotopic (exact) mass is 153 g/mol. The van der Waals surface area contributed by atoms with E-state index in [1.165, 1.54) is 44.9 Å². The summed E-state index contributed by atoms with van der Waals surface area (Å²) in [4.78, 5) is 0. The average molecular weight is 153 g/mol. The molecule has 0 aromatic rings. The highest BCUT2D eigenvalue weighted by molar-refractivity contribution is 4.84. The Labute approximate surface area is 69.4 Å². The van der Waals surface area contributed by atoms with Crippen molar-refractivity contribution in [3.63, 3.8) is 0 Å². The Balaban J connectivity index is 1.93. The molecule has 1 nitrogen and oxygen atoms in total. The van der Waals surface area contributed by atoms with Crippen LogP contribution in [0.4, 0.5) is 0 Å². The van der Waals surface area contributed by atoms with Crippen LogP contribution in [-0.2, 0) is 0 Å². The zero-order chi connectivity index (χ0) is 7.68. The maximum atomic E-state index is 5.94. The summed E-state index contributed by atoms with van der Waals surface area (Å²) in [5.74, 6) is 2.07. The molecule has 0 spiro atoms. The van der Waals surface area contributed by atoms with Crippen molar-refractivity contribution in [2.45, 2.75) is 51.0 Å². The van der Waals surface area contributed by atoms with Crippen molar-refractivity contribution in [2.24, 2.45) is 17.6 Å². The third kappa shape index (κ3) is 1.58. The van der Waals surface area contributed by atoms with Gasteiger partial charge in [0, 0.05) is 6.04 Å². The van der Waals surface area contributed by atoms with E-state index in [0.717, 1.165) is 11.8 Å². The van der Waals surface area contributed by atoms with Gasteiger partial charge in [-0.1, -0.05) is 25.7 Å². The van der Waals surface area contributed by atoms with Crippen LogP contribution in [0.1, 0.15) is 44.9 Å². The standard InChI is InChI=1S/C10H19N/c11-10-6-5-8-3-1-2-4-9(8)7-10/h8-10H,1-7,11H2/t8-,9-,10-/m1/s1. The molecule has 0 heterocycles. The minimum absolute atomic E-state index is 0.536. The fourth-order valence-corrected chi connectivity index (χ4v) is 2.91. The minimum Gasteiger partial charge on any atom is -0.328 e. The van der Waals surface area contributed by atoms with Gasteiger partial charge in [0.25, 0.3) is 0 Å². The van der Waals surface area contributed by atoms with E-state index in [9.17, 15) is 0 Å². The Morgan fingerprint density at radius 1 is 0.818 bits per heavy atom. The van der Waals surface area contributed by atoms with Crippen LogP contribution in [0, 0.1) is 11.8 Å². The molecule has 3 atom stereocenters. The van der Waals surface area contributed by atoms with Crippen LogP contribution in [0.3, 0.4) is 0 Å². The van der Waals surface area contributed by atoms with E-state index < -0.39 is 0 Å². The molecule has 0 bridgehead atoms. The Morgan fingerprint density at radius 2 is 1.55 bits per heavy atom. The van der Waals surface area contributed by atoms with Crippen LogP contribution in [0.15, 0.2) is 0 Å². The summed E-state index contributed by atoms with van der Waals surface area (Å²) >= 11 is 0. The van der Waals surface area contributed by atoms with E-state index in [-0.39, 0.29) is 0 Å². The van der Waals surface area contributed by atoms with Gasteiger partial charge in [0.05, 0.1) is 0 Å². The van der Waals surface area contributed by atoms with Gasteiger partial charge in [-0.15, -0.1) is 0 Å². The van der Waals surface area contributed by atoms with Crippen molar-refractivity contribution < 1.29 is 0 Å². The number of fused-ring (bicyclic) bond motifs is 1. The quantitative estimate of drug-likeness (QED) is 0.568. The molecule has 0 saturated heterocycles. The largest absolute Gasteiger partial charge is 0.328 e. The van der Waals surface area contributed by atoms with Crippen molar-refractivity contribution >= 4 is 0 Å². The van der Waals surface area contributed by atoms with Crippen molar-refractivity contribution in [3.8, 4) is 0 Å². The Morgan fingerprint density at radius 3 is 2.36 bits per heavy atom. The topological polar surface area (TPSA) is 26.0 Å². The van der Waals surface area contributed by atoms with Gasteiger partial charge in [0.2, 0.25) is 0 Å². The summed E-state index contributed by atoms with van der Waals surface area (Å²) in [6, 6.07) is 0.536. The van der Waals surface area contributed by atoms with E-state index >= 15 is 0 Å². The van der Waals surface area contributed by atoms with Crippen LogP contribution in [0.25, 0.3) is 0 Å². The fourth-order valence-electron chi connectivity index (χ4n) is 2.91. The van der Waals surface area contributed by atoms with Gasteiger partial charge in [-0.2, -0.15) is 0 Å². The second-order valence-corrected chi connectivity index (χ2v) is 4.38. The van der Waals surface area contributed by atoms with Gasteiger partial charge in [-0.3, -0.25) is 0 Å². The van der Waals surface area contributed by atoms with Crippen LogP contribution < -0.4 is 5.73 Å². The molecule has 0 aromatic heterocycles. The number of hydrogen-bond acceptors (Lipinski definition) is 1. The second-order valence-electron chi connectivity index (χ2n) is 4.38. The molecule has 2 aliphatic carbocycles. The Hall–Kier alpha value is -0.0400. The molecular formula is C10H19N. The molecule has 0 radical (unpaired) electrons. The van der Waals surface area contributed by atoms with Gasteiger partial charge in [0.1, 0.15) is 0 Å². The van der Waals surface area contributed by atoms with Crippen LogP contribution >= 0.6 is 0 Å². The van der Waals surface area contributed by atoms with Crippen LogP contribution in [-0.4, -0.2) is 6.04 Å². The molecule has 2 N–H and O–H groups in total. The van der Waals surface area contributed by atoms with Gasteiger partial charge < -0.3 is 5.73 Å². The molecule has 2 rings (SSSR count). The summed E-state index contributed by atoms with van der Waals surface area (Å²) < 4.78 is 0. The lowest BCUT2D eigenvalue weighted by atomic mass is 9.70.